The molecule has 0 aliphatic carbocycles. The molecule has 0 radical (unpaired) electrons. The lowest BCUT2D eigenvalue weighted by molar-refractivity contribution is -0.131. The maximum absolute atomic E-state index is 12.5. The van der Waals surface area contributed by atoms with E-state index in [9.17, 15) is 9.59 Å². The van der Waals surface area contributed by atoms with Crippen LogP contribution in [-0.2, 0) is 14.3 Å². The van der Waals surface area contributed by atoms with Crippen LogP contribution in [0.5, 0.6) is 5.75 Å². The molecule has 31 heavy (non-hydrogen) atoms. The number of carboxylic acid groups (broad SMARTS) is 1. The molecule has 2 aromatic rings. The van der Waals surface area contributed by atoms with Gasteiger partial charge in [0, 0.05) is 22.8 Å². The van der Waals surface area contributed by atoms with Crippen LogP contribution in [0.1, 0.15) is 18.6 Å². The van der Waals surface area contributed by atoms with E-state index in [2.05, 4.69) is 21.2 Å². The smallest absolute Gasteiger partial charge is 0.412 e. The number of amides is 1. The van der Waals surface area contributed by atoms with Crippen LogP contribution in [0.2, 0.25) is 0 Å². The molecular formula is C22H24BrNO7. The van der Waals surface area contributed by atoms with Crippen molar-refractivity contribution in [1.82, 2.24) is 0 Å². The van der Waals surface area contributed by atoms with Crippen LogP contribution >= 0.6 is 15.9 Å². The van der Waals surface area contributed by atoms with Crippen molar-refractivity contribution in [2.45, 2.75) is 19.1 Å². The highest BCUT2D eigenvalue weighted by molar-refractivity contribution is 9.10. The molecule has 1 amide bonds. The van der Waals surface area contributed by atoms with E-state index in [1.54, 1.807) is 55.5 Å². The number of aliphatic hydroxyl groups is 1. The molecule has 0 aromatic heterocycles. The van der Waals surface area contributed by atoms with E-state index >= 15 is 0 Å². The molecule has 0 aliphatic rings. The largest absolute Gasteiger partial charge is 0.491 e. The van der Waals surface area contributed by atoms with Crippen molar-refractivity contribution in [3.05, 3.63) is 70.7 Å². The monoisotopic (exact) mass is 493 g/mol. The van der Waals surface area contributed by atoms with Gasteiger partial charge in [-0.05, 0) is 55.0 Å². The summed E-state index contributed by atoms with van der Waals surface area (Å²) in [4.78, 5) is 23.5. The molecule has 2 rings (SSSR count). The first-order valence-electron chi connectivity index (χ1n) is 9.52. The normalized spacial score (nSPS) is 12.9. The van der Waals surface area contributed by atoms with Crippen molar-refractivity contribution in [1.29, 1.82) is 0 Å². The zero-order valence-electron chi connectivity index (χ0n) is 16.9. The van der Waals surface area contributed by atoms with Crippen LogP contribution in [0.3, 0.4) is 0 Å². The predicted octanol–water partition coefficient (Wildman–Crippen LogP) is 4.16. The van der Waals surface area contributed by atoms with Crippen LogP contribution < -0.4 is 10.1 Å². The van der Waals surface area contributed by atoms with Gasteiger partial charge in [0.2, 0.25) is 0 Å². The molecule has 0 saturated heterocycles. The second kappa shape index (κ2) is 12.7. The first-order chi connectivity index (χ1) is 14.9. The van der Waals surface area contributed by atoms with E-state index in [1.807, 2.05) is 0 Å². The number of hydrogen-bond donors (Lipinski definition) is 3. The number of carbonyl (C=O) groups excluding carboxylic acids is 1. The zero-order valence-corrected chi connectivity index (χ0v) is 18.4. The fourth-order valence-corrected chi connectivity index (χ4v) is 2.92. The molecular weight excluding hydrogens is 470 g/mol. The standard InChI is InChI=1S/C22H24BrNO7/c1-2-29-19(11-12-20(26)27)21(15-3-9-18(10-4-15)30-14-13-25)31-22(28)24-17-7-5-16(23)6-8-17/h3-12,19,21,25H,2,13-14H2,1H3,(H,24,28)(H,26,27)/b12-11+/t19-,21-/m0/s1. The molecule has 3 N–H and O–H groups in total. The quantitative estimate of drug-likeness (QED) is 0.402. The number of carbonyl (C=O) groups is 2. The molecule has 166 valence electrons. The Balaban J connectivity index is 2.25. The summed E-state index contributed by atoms with van der Waals surface area (Å²) in [5.41, 5.74) is 1.12. The van der Waals surface area contributed by atoms with E-state index in [0.29, 0.717) is 17.0 Å². The number of halogens is 1. The molecule has 2 aromatic carbocycles. The van der Waals surface area contributed by atoms with Gasteiger partial charge < -0.3 is 24.4 Å². The van der Waals surface area contributed by atoms with Gasteiger partial charge in [-0.25, -0.2) is 9.59 Å². The molecule has 0 heterocycles. The molecule has 0 fully saturated rings. The number of anilines is 1. The van der Waals surface area contributed by atoms with Gasteiger partial charge in [0.1, 0.15) is 18.5 Å². The molecule has 0 spiro atoms. The van der Waals surface area contributed by atoms with E-state index < -0.39 is 24.3 Å². The van der Waals surface area contributed by atoms with Gasteiger partial charge >= 0.3 is 12.1 Å². The minimum Gasteiger partial charge on any atom is -0.491 e. The van der Waals surface area contributed by atoms with Crippen molar-refractivity contribution in [2.24, 2.45) is 0 Å². The lowest BCUT2D eigenvalue weighted by atomic mass is 10.0. The lowest BCUT2D eigenvalue weighted by Gasteiger charge is -2.25. The highest BCUT2D eigenvalue weighted by atomic mass is 79.9. The zero-order chi connectivity index (χ0) is 22.6. The molecule has 0 unspecified atom stereocenters. The summed E-state index contributed by atoms with van der Waals surface area (Å²) in [6.07, 6.45) is -0.193. The molecule has 0 aliphatic heterocycles. The maximum Gasteiger partial charge on any atom is 0.412 e. The average Bonchev–Trinajstić information content (AvgIpc) is 2.75. The predicted molar refractivity (Wildman–Crippen MR) is 118 cm³/mol. The highest BCUT2D eigenvalue weighted by Gasteiger charge is 2.26. The fraction of sp³-hybridized carbons (Fsp3) is 0.273. The number of ether oxygens (including phenoxy) is 3. The van der Waals surface area contributed by atoms with Crippen molar-refractivity contribution in [3.63, 3.8) is 0 Å². The number of nitrogens with one attached hydrogen (secondary N) is 1. The van der Waals surface area contributed by atoms with Crippen LogP contribution in [0, 0.1) is 0 Å². The van der Waals surface area contributed by atoms with Gasteiger partial charge in [-0.3, -0.25) is 5.32 Å². The van der Waals surface area contributed by atoms with E-state index in [0.717, 1.165) is 10.5 Å². The van der Waals surface area contributed by atoms with Crippen LogP contribution in [0.15, 0.2) is 65.2 Å². The Morgan fingerprint density at radius 2 is 1.81 bits per heavy atom. The summed E-state index contributed by atoms with van der Waals surface area (Å²) in [6, 6.07) is 13.7. The average molecular weight is 494 g/mol. The van der Waals surface area contributed by atoms with Crippen molar-refractivity contribution >= 4 is 33.7 Å². The van der Waals surface area contributed by atoms with E-state index in [4.69, 9.17) is 24.4 Å². The molecule has 0 saturated carbocycles. The second-order valence-corrected chi connectivity index (χ2v) is 7.13. The first kappa shape index (κ1) is 24.4. The Bertz CT molecular complexity index is 868. The highest BCUT2D eigenvalue weighted by Crippen LogP contribution is 2.27. The van der Waals surface area contributed by atoms with Crippen molar-refractivity contribution < 1.29 is 34.0 Å². The molecule has 2 atom stereocenters. The summed E-state index contributed by atoms with van der Waals surface area (Å²) in [6.45, 7) is 2.07. The van der Waals surface area contributed by atoms with Crippen LogP contribution in [0.4, 0.5) is 10.5 Å². The fourth-order valence-electron chi connectivity index (χ4n) is 2.65. The number of carboxylic acids is 1. The summed E-state index contributed by atoms with van der Waals surface area (Å²) in [5, 5.41) is 20.5. The van der Waals surface area contributed by atoms with Crippen molar-refractivity contribution in [3.8, 4) is 5.75 Å². The Morgan fingerprint density at radius 3 is 2.39 bits per heavy atom. The summed E-state index contributed by atoms with van der Waals surface area (Å²) in [7, 11) is 0. The number of aliphatic carboxylic acids is 1. The van der Waals surface area contributed by atoms with Crippen LogP contribution in [-0.4, -0.2) is 48.2 Å². The SMILES string of the molecule is CCO[C@@H](/C=C/C(=O)O)[C@@H](OC(=O)Nc1ccc(Br)cc1)c1ccc(OCCO)cc1. The Hall–Kier alpha value is -2.88. The Kier molecular flexibility index (Phi) is 10.0. The van der Waals surface area contributed by atoms with Crippen LogP contribution in [0.25, 0.3) is 0 Å². The summed E-state index contributed by atoms with van der Waals surface area (Å²) < 4.78 is 17.5. The molecule has 9 heteroatoms. The van der Waals surface area contributed by atoms with Gasteiger partial charge in [-0.1, -0.05) is 28.1 Å². The third-order valence-electron chi connectivity index (χ3n) is 3.98. The van der Waals surface area contributed by atoms with Gasteiger partial charge in [-0.2, -0.15) is 0 Å². The van der Waals surface area contributed by atoms with Gasteiger partial charge in [0.05, 0.1) is 6.61 Å². The lowest BCUT2D eigenvalue weighted by Crippen LogP contribution is -2.27. The molecule has 8 nitrogen and oxygen atoms in total. The van der Waals surface area contributed by atoms with Crippen molar-refractivity contribution in [2.75, 3.05) is 25.1 Å². The summed E-state index contributed by atoms with van der Waals surface area (Å²) in [5.74, 6) is -0.611. The van der Waals surface area contributed by atoms with Gasteiger partial charge in [0.25, 0.3) is 0 Å². The minimum atomic E-state index is -1.14. The van der Waals surface area contributed by atoms with E-state index in [-0.39, 0.29) is 19.8 Å². The molecule has 0 bridgehead atoms. The number of aliphatic hydroxyl groups excluding tert-OH is 1. The maximum atomic E-state index is 12.5. The number of rotatable bonds is 11. The number of hydrogen-bond acceptors (Lipinski definition) is 6. The summed E-state index contributed by atoms with van der Waals surface area (Å²) >= 11 is 3.33. The third-order valence-corrected chi connectivity index (χ3v) is 4.51. The van der Waals surface area contributed by atoms with Gasteiger partial charge in [-0.15, -0.1) is 0 Å². The van der Waals surface area contributed by atoms with Gasteiger partial charge in [0.15, 0.2) is 6.10 Å². The third kappa shape index (κ3) is 8.41. The second-order valence-electron chi connectivity index (χ2n) is 6.22. The topological polar surface area (TPSA) is 114 Å². The Morgan fingerprint density at radius 1 is 1.13 bits per heavy atom. The van der Waals surface area contributed by atoms with E-state index in [1.165, 1.54) is 6.08 Å². The number of benzene rings is 2. The first-order valence-corrected chi connectivity index (χ1v) is 10.3. The minimum absolute atomic E-state index is 0.115. The Labute approximate surface area is 188 Å².